The summed E-state index contributed by atoms with van der Waals surface area (Å²) in [7, 11) is 0. The quantitative estimate of drug-likeness (QED) is 0.803. The highest BCUT2D eigenvalue weighted by Crippen LogP contribution is 2.19. The molecule has 3 rings (SSSR count). The summed E-state index contributed by atoms with van der Waals surface area (Å²) >= 11 is 0. The van der Waals surface area contributed by atoms with Crippen molar-refractivity contribution in [2.45, 2.75) is 6.54 Å². The van der Waals surface area contributed by atoms with Crippen molar-refractivity contribution in [3.63, 3.8) is 0 Å². The summed E-state index contributed by atoms with van der Waals surface area (Å²) < 4.78 is 0. The summed E-state index contributed by atoms with van der Waals surface area (Å²) in [4.78, 5) is 19.7. The molecule has 0 radical (unpaired) electrons. The summed E-state index contributed by atoms with van der Waals surface area (Å²) in [6, 6.07) is 18.3. The maximum Gasteiger partial charge on any atom is 0.271 e. The van der Waals surface area contributed by atoms with Gasteiger partial charge in [0.25, 0.3) is 5.91 Å². The van der Waals surface area contributed by atoms with E-state index in [9.17, 15) is 4.79 Å². The second-order valence-electron chi connectivity index (χ2n) is 4.84. The van der Waals surface area contributed by atoms with Crippen molar-refractivity contribution in [2.24, 2.45) is 0 Å². The smallest absolute Gasteiger partial charge is 0.271 e. The maximum absolute atomic E-state index is 11.9. The van der Waals surface area contributed by atoms with E-state index in [1.54, 1.807) is 6.20 Å². The molecule has 3 aromatic rings. The third kappa shape index (κ3) is 3.35. The monoisotopic (exact) mass is 289 g/mol. The second kappa shape index (κ2) is 6.63. The van der Waals surface area contributed by atoms with Crippen molar-refractivity contribution >= 4 is 5.91 Å². The molecule has 0 saturated carbocycles. The molecular formula is C18H15N3O. The Kier molecular flexibility index (Phi) is 4.20. The zero-order chi connectivity index (χ0) is 15.2. The molecule has 0 fully saturated rings. The number of amides is 1. The van der Waals surface area contributed by atoms with Gasteiger partial charge in [0.2, 0.25) is 0 Å². The highest BCUT2D eigenvalue weighted by atomic mass is 16.1. The minimum absolute atomic E-state index is 0.222. The molecule has 1 aromatic heterocycles. The Labute approximate surface area is 128 Å². The van der Waals surface area contributed by atoms with E-state index < -0.39 is 0 Å². The van der Waals surface area contributed by atoms with Crippen molar-refractivity contribution < 1.29 is 4.79 Å². The molecule has 0 aliphatic rings. The maximum atomic E-state index is 11.9. The van der Waals surface area contributed by atoms with Crippen LogP contribution >= 0.6 is 0 Å². The zero-order valence-corrected chi connectivity index (χ0v) is 11.9. The summed E-state index contributed by atoms with van der Waals surface area (Å²) in [5, 5.41) is 2.83. The van der Waals surface area contributed by atoms with Crippen molar-refractivity contribution in [1.82, 2.24) is 15.3 Å². The van der Waals surface area contributed by atoms with Crippen LogP contribution < -0.4 is 5.32 Å². The third-order valence-corrected chi connectivity index (χ3v) is 3.31. The fraction of sp³-hybridized carbons (Fsp3) is 0.0556. The molecule has 108 valence electrons. The van der Waals surface area contributed by atoms with Gasteiger partial charge in [0.05, 0.1) is 6.20 Å². The topological polar surface area (TPSA) is 54.9 Å². The summed E-state index contributed by atoms with van der Waals surface area (Å²) in [5.41, 5.74) is 3.70. The molecule has 2 aromatic carbocycles. The lowest BCUT2D eigenvalue weighted by atomic mass is 10.0. The van der Waals surface area contributed by atoms with E-state index in [0.717, 1.165) is 11.1 Å². The first-order valence-corrected chi connectivity index (χ1v) is 7.01. The Bertz CT molecular complexity index is 740. The first kappa shape index (κ1) is 13.9. The molecule has 0 aliphatic carbocycles. The van der Waals surface area contributed by atoms with Crippen LogP contribution in [0.2, 0.25) is 0 Å². The van der Waals surface area contributed by atoms with Crippen LogP contribution in [-0.2, 0) is 6.54 Å². The molecule has 22 heavy (non-hydrogen) atoms. The lowest BCUT2D eigenvalue weighted by Gasteiger charge is -2.06. The SMILES string of the molecule is O=C(NCc1ccc(-c2ccccc2)cc1)c1cnccn1. The molecule has 0 bridgehead atoms. The molecule has 0 spiro atoms. The van der Waals surface area contributed by atoms with E-state index in [0.29, 0.717) is 12.2 Å². The van der Waals surface area contributed by atoms with Gasteiger partial charge in [-0.2, -0.15) is 0 Å². The number of rotatable bonds is 4. The molecule has 4 heteroatoms. The first-order valence-electron chi connectivity index (χ1n) is 7.01. The molecule has 0 unspecified atom stereocenters. The number of benzene rings is 2. The van der Waals surface area contributed by atoms with Gasteiger partial charge in [0.1, 0.15) is 5.69 Å². The standard InChI is InChI=1S/C18H15N3O/c22-18(17-13-19-10-11-20-17)21-12-14-6-8-16(9-7-14)15-4-2-1-3-5-15/h1-11,13H,12H2,(H,21,22). The van der Waals surface area contributed by atoms with Gasteiger partial charge in [-0.3, -0.25) is 9.78 Å². The Morgan fingerprint density at radius 3 is 2.32 bits per heavy atom. The van der Waals surface area contributed by atoms with E-state index in [1.807, 2.05) is 30.3 Å². The number of aromatic nitrogens is 2. The lowest BCUT2D eigenvalue weighted by Crippen LogP contribution is -2.23. The molecule has 0 aliphatic heterocycles. The Balaban J connectivity index is 1.63. The minimum Gasteiger partial charge on any atom is -0.347 e. The lowest BCUT2D eigenvalue weighted by molar-refractivity contribution is 0.0945. The molecule has 1 amide bonds. The first-order chi connectivity index (χ1) is 10.8. The van der Waals surface area contributed by atoms with E-state index in [1.165, 1.54) is 18.0 Å². The van der Waals surface area contributed by atoms with Gasteiger partial charge in [-0.1, -0.05) is 54.6 Å². The van der Waals surface area contributed by atoms with Crippen LogP contribution in [0.25, 0.3) is 11.1 Å². The van der Waals surface area contributed by atoms with Crippen molar-refractivity contribution in [3.8, 4) is 11.1 Å². The van der Waals surface area contributed by atoms with E-state index in [-0.39, 0.29) is 5.91 Å². The van der Waals surface area contributed by atoms with Gasteiger partial charge >= 0.3 is 0 Å². The van der Waals surface area contributed by atoms with Gasteiger partial charge in [0, 0.05) is 18.9 Å². The van der Waals surface area contributed by atoms with Crippen molar-refractivity contribution in [2.75, 3.05) is 0 Å². The van der Waals surface area contributed by atoms with Crippen LogP contribution in [0.3, 0.4) is 0 Å². The van der Waals surface area contributed by atoms with E-state index in [2.05, 4.69) is 39.6 Å². The third-order valence-electron chi connectivity index (χ3n) is 3.31. The highest BCUT2D eigenvalue weighted by Gasteiger charge is 2.06. The molecular weight excluding hydrogens is 274 g/mol. The highest BCUT2D eigenvalue weighted by molar-refractivity contribution is 5.91. The predicted molar refractivity (Wildman–Crippen MR) is 85.1 cm³/mol. The average Bonchev–Trinajstić information content (AvgIpc) is 2.61. The van der Waals surface area contributed by atoms with Crippen molar-refractivity contribution in [3.05, 3.63) is 84.4 Å². The number of hydrogen-bond donors (Lipinski definition) is 1. The van der Waals surface area contributed by atoms with Crippen LogP contribution in [0.1, 0.15) is 16.1 Å². The zero-order valence-electron chi connectivity index (χ0n) is 11.9. The molecule has 1 heterocycles. The Morgan fingerprint density at radius 1 is 0.909 bits per heavy atom. The fourth-order valence-electron chi connectivity index (χ4n) is 2.13. The number of nitrogens with zero attached hydrogens (tertiary/aromatic N) is 2. The summed E-state index contributed by atoms with van der Waals surface area (Å²) in [5.74, 6) is -0.222. The molecule has 4 nitrogen and oxygen atoms in total. The molecule has 1 N–H and O–H groups in total. The van der Waals surface area contributed by atoms with Gasteiger partial charge in [-0.05, 0) is 16.7 Å². The Morgan fingerprint density at radius 2 is 1.64 bits per heavy atom. The number of carbonyl (C=O) groups is 1. The van der Waals surface area contributed by atoms with Crippen molar-refractivity contribution in [1.29, 1.82) is 0 Å². The van der Waals surface area contributed by atoms with Crippen LogP contribution in [0.4, 0.5) is 0 Å². The normalized spacial score (nSPS) is 10.2. The second-order valence-corrected chi connectivity index (χ2v) is 4.84. The van der Waals surface area contributed by atoms with E-state index in [4.69, 9.17) is 0 Å². The van der Waals surface area contributed by atoms with Crippen LogP contribution in [0.5, 0.6) is 0 Å². The summed E-state index contributed by atoms with van der Waals surface area (Å²) in [6.07, 6.45) is 4.50. The average molecular weight is 289 g/mol. The van der Waals surface area contributed by atoms with E-state index >= 15 is 0 Å². The Hall–Kier alpha value is -3.01. The molecule has 0 atom stereocenters. The van der Waals surface area contributed by atoms with Crippen LogP contribution in [0.15, 0.2) is 73.2 Å². The predicted octanol–water partition coefficient (Wildman–Crippen LogP) is 3.07. The minimum atomic E-state index is -0.222. The number of nitrogens with one attached hydrogen (secondary N) is 1. The van der Waals surface area contributed by atoms with Gasteiger partial charge in [0.15, 0.2) is 0 Å². The van der Waals surface area contributed by atoms with Gasteiger partial charge in [-0.25, -0.2) is 4.98 Å². The summed E-state index contributed by atoms with van der Waals surface area (Å²) in [6.45, 7) is 0.463. The molecule has 0 saturated heterocycles. The number of carbonyl (C=O) groups excluding carboxylic acids is 1. The largest absolute Gasteiger partial charge is 0.347 e. The van der Waals surface area contributed by atoms with Gasteiger partial charge < -0.3 is 5.32 Å². The van der Waals surface area contributed by atoms with Crippen LogP contribution in [-0.4, -0.2) is 15.9 Å². The number of hydrogen-bond acceptors (Lipinski definition) is 3. The van der Waals surface area contributed by atoms with Gasteiger partial charge in [-0.15, -0.1) is 0 Å². The van der Waals surface area contributed by atoms with Crippen LogP contribution in [0, 0.1) is 0 Å². The fourth-order valence-corrected chi connectivity index (χ4v) is 2.13.